The van der Waals surface area contributed by atoms with E-state index in [4.69, 9.17) is 9.47 Å². The largest absolute Gasteiger partial charge is 0.496 e. The molecule has 0 unspecified atom stereocenters. The smallest absolute Gasteiger partial charge is 0.255 e. The van der Waals surface area contributed by atoms with Crippen molar-refractivity contribution in [2.45, 2.75) is 17.7 Å². The number of benzene rings is 4. The lowest BCUT2D eigenvalue weighted by Crippen LogP contribution is -2.29. The molecule has 222 valence electrons. The summed E-state index contributed by atoms with van der Waals surface area (Å²) in [4.78, 5) is 28.3. The summed E-state index contributed by atoms with van der Waals surface area (Å²) < 4.78 is 14.3. The van der Waals surface area contributed by atoms with E-state index in [1.165, 1.54) is 11.9 Å². The van der Waals surface area contributed by atoms with Gasteiger partial charge in [-0.2, -0.15) is 0 Å². The molecular formula is C34H36N4O4S. The SMILES string of the molecule is COc1ccc(-c2cccc(C(=O)N3CCCC3)c2)cc1SNc1cccc(NCCNC(=O)c2ccccc2OC)c1. The van der Waals surface area contributed by atoms with E-state index < -0.39 is 0 Å². The number of carbonyl (C=O) groups excluding carboxylic acids is 2. The average Bonchev–Trinajstić information content (AvgIpc) is 3.61. The van der Waals surface area contributed by atoms with E-state index in [0.29, 0.717) is 30.0 Å². The van der Waals surface area contributed by atoms with Crippen LogP contribution in [-0.2, 0) is 0 Å². The van der Waals surface area contributed by atoms with Gasteiger partial charge in [0.05, 0.1) is 24.7 Å². The van der Waals surface area contributed by atoms with Crippen molar-refractivity contribution >= 4 is 35.1 Å². The Kier molecular flexibility index (Phi) is 10.1. The quantitative estimate of drug-likeness (QED) is 0.126. The van der Waals surface area contributed by atoms with Crippen LogP contribution in [-0.4, -0.2) is 57.1 Å². The first kappa shape index (κ1) is 29.8. The number of nitrogens with zero attached hydrogens (tertiary/aromatic N) is 1. The van der Waals surface area contributed by atoms with Crippen LogP contribution in [0.25, 0.3) is 11.1 Å². The molecule has 4 aromatic carbocycles. The zero-order chi connectivity index (χ0) is 30.0. The summed E-state index contributed by atoms with van der Waals surface area (Å²) in [6.07, 6.45) is 2.14. The Morgan fingerprint density at radius 3 is 2.33 bits per heavy atom. The average molecular weight is 597 g/mol. The molecular weight excluding hydrogens is 560 g/mol. The molecule has 9 heteroatoms. The third kappa shape index (κ3) is 7.61. The first-order valence-corrected chi connectivity index (χ1v) is 15.1. The Labute approximate surface area is 256 Å². The second kappa shape index (κ2) is 14.5. The Morgan fingerprint density at radius 2 is 1.51 bits per heavy atom. The molecule has 43 heavy (non-hydrogen) atoms. The zero-order valence-electron chi connectivity index (χ0n) is 24.4. The molecule has 0 radical (unpaired) electrons. The molecule has 5 rings (SSSR count). The van der Waals surface area contributed by atoms with Crippen LogP contribution in [0.15, 0.2) is 95.9 Å². The van der Waals surface area contributed by atoms with Crippen molar-refractivity contribution < 1.29 is 19.1 Å². The van der Waals surface area contributed by atoms with Crippen molar-refractivity contribution in [3.05, 3.63) is 102 Å². The van der Waals surface area contributed by atoms with Gasteiger partial charge in [-0.25, -0.2) is 0 Å². The number of carbonyl (C=O) groups is 2. The van der Waals surface area contributed by atoms with Gasteiger partial charge in [0.1, 0.15) is 11.5 Å². The van der Waals surface area contributed by atoms with Crippen LogP contribution < -0.4 is 24.8 Å². The van der Waals surface area contributed by atoms with E-state index in [1.807, 2.05) is 77.7 Å². The molecule has 0 bridgehead atoms. The fourth-order valence-corrected chi connectivity index (χ4v) is 5.78. The van der Waals surface area contributed by atoms with Gasteiger partial charge in [0, 0.05) is 43.1 Å². The summed E-state index contributed by atoms with van der Waals surface area (Å²) in [5.41, 5.74) is 5.06. The predicted molar refractivity (Wildman–Crippen MR) is 173 cm³/mol. The molecule has 1 fully saturated rings. The maximum absolute atomic E-state index is 12.9. The van der Waals surface area contributed by atoms with E-state index in [0.717, 1.165) is 59.1 Å². The van der Waals surface area contributed by atoms with Gasteiger partial charge >= 0.3 is 0 Å². The number of hydrogen-bond donors (Lipinski definition) is 3. The highest BCUT2D eigenvalue weighted by molar-refractivity contribution is 8.00. The van der Waals surface area contributed by atoms with Crippen LogP contribution >= 0.6 is 11.9 Å². The maximum Gasteiger partial charge on any atom is 0.255 e. The lowest BCUT2D eigenvalue weighted by Gasteiger charge is -2.16. The first-order valence-electron chi connectivity index (χ1n) is 14.3. The van der Waals surface area contributed by atoms with E-state index >= 15 is 0 Å². The molecule has 1 aliphatic heterocycles. The molecule has 8 nitrogen and oxygen atoms in total. The van der Waals surface area contributed by atoms with Gasteiger partial charge in [-0.3, -0.25) is 9.59 Å². The van der Waals surface area contributed by atoms with Gasteiger partial charge in [-0.05, 0) is 90.5 Å². The standard InChI is InChI=1S/C34H36N4O4S/c1-41-30-14-4-3-13-29(30)33(39)36-18-17-35-27-11-8-12-28(23-27)37-43-32-22-25(15-16-31(32)42-2)24-9-7-10-26(21-24)34(40)38-19-5-6-20-38/h3-4,7-16,21-23,35,37H,5-6,17-20H2,1-2H3,(H,36,39). The molecule has 0 atom stereocenters. The highest BCUT2D eigenvalue weighted by atomic mass is 32.2. The zero-order valence-corrected chi connectivity index (χ0v) is 25.2. The number of nitrogens with one attached hydrogen (secondary N) is 3. The van der Waals surface area contributed by atoms with Gasteiger partial charge in [-0.15, -0.1) is 0 Å². The van der Waals surface area contributed by atoms with Gasteiger partial charge in [0.25, 0.3) is 11.8 Å². The Bertz CT molecular complexity index is 1570. The van der Waals surface area contributed by atoms with Crippen LogP contribution in [0.3, 0.4) is 0 Å². The monoisotopic (exact) mass is 596 g/mol. The van der Waals surface area contributed by atoms with Crippen molar-refractivity contribution in [1.82, 2.24) is 10.2 Å². The molecule has 1 saturated heterocycles. The van der Waals surface area contributed by atoms with Gasteiger partial charge in [-0.1, -0.05) is 36.4 Å². The van der Waals surface area contributed by atoms with E-state index in [1.54, 1.807) is 26.4 Å². The van der Waals surface area contributed by atoms with Crippen molar-refractivity contribution in [1.29, 1.82) is 0 Å². The maximum atomic E-state index is 12.9. The Morgan fingerprint density at radius 1 is 0.767 bits per heavy atom. The van der Waals surface area contributed by atoms with Gasteiger partial charge < -0.3 is 29.7 Å². The fourth-order valence-electron chi connectivity index (χ4n) is 4.99. The molecule has 0 saturated carbocycles. The summed E-state index contributed by atoms with van der Waals surface area (Å²) in [5, 5.41) is 6.28. The number of likely N-dealkylation sites (tertiary alicyclic amines) is 1. The highest BCUT2D eigenvalue weighted by Crippen LogP contribution is 2.35. The number of hydrogen-bond acceptors (Lipinski definition) is 7. The lowest BCUT2D eigenvalue weighted by atomic mass is 10.0. The summed E-state index contributed by atoms with van der Waals surface area (Å²) in [6, 6.07) is 29.0. The second-order valence-electron chi connectivity index (χ2n) is 10.1. The molecule has 4 aromatic rings. The molecule has 1 aliphatic rings. The van der Waals surface area contributed by atoms with Crippen LogP contribution in [0.4, 0.5) is 11.4 Å². The number of para-hydroxylation sites is 1. The van der Waals surface area contributed by atoms with Crippen LogP contribution in [0.5, 0.6) is 11.5 Å². The van der Waals surface area contributed by atoms with Gasteiger partial charge in [0.2, 0.25) is 0 Å². The Hall–Kier alpha value is -4.63. The van der Waals surface area contributed by atoms with Crippen LogP contribution in [0.1, 0.15) is 33.6 Å². The lowest BCUT2D eigenvalue weighted by molar-refractivity contribution is 0.0792. The first-order chi connectivity index (χ1) is 21.1. The molecule has 0 spiro atoms. The minimum absolute atomic E-state index is 0.0939. The number of amides is 2. The summed E-state index contributed by atoms with van der Waals surface area (Å²) in [5.74, 6) is 1.22. The van der Waals surface area contributed by atoms with Crippen molar-refractivity contribution in [3.8, 4) is 22.6 Å². The molecule has 2 amide bonds. The summed E-state index contributed by atoms with van der Waals surface area (Å²) in [7, 11) is 3.21. The summed E-state index contributed by atoms with van der Waals surface area (Å²) in [6.45, 7) is 2.68. The summed E-state index contributed by atoms with van der Waals surface area (Å²) >= 11 is 1.46. The third-order valence-electron chi connectivity index (χ3n) is 7.23. The number of ether oxygens (including phenoxy) is 2. The van der Waals surface area contributed by atoms with Crippen molar-refractivity contribution in [3.63, 3.8) is 0 Å². The van der Waals surface area contributed by atoms with Crippen LogP contribution in [0.2, 0.25) is 0 Å². The van der Waals surface area contributed by atoms with Crippen molar-refractivity contribution in [2.24, 2.45) is 0 Å². The highest BCUT2D eigenvalue weighted by Gasteiger charge is 2.20. The Balaban J connectivity index is 1.19. The van der Waals surface area contributed by atoms with Crippen LogP contribution in [0, 0.1) is 0 Å². The molecule has 3 N–H and O–H groups in total. The van der Waals surface area contributed by atoms with Crippen molar-refractivity contribution in [2.75, 3.05) is 50.4 Å². The third-order valence-corrected chi connectivity index (χ3v) is 8.11. The topological polar surface area (TPSA) is 91.9 Å². The minimum Gasteiger partial charge on any atom is -0.496 e. The van der Waals surface area contributed by atoms with E-state index in [9.17, 15) is 9.59 Å². The molecule has 1 heterocycles. The molecule has 0 aromatic heterocycles. The second-order valence-corrected chi connectivity index (χ2v) is 11.0. The van der Waals surface area contributed by atoms with E-state index in [-0.39, 0.29) is 11.8 Å². The number of anilines is 2. The predicted octanol–water partition coefficient (Wildman–Crippen LogP) is 6.57. The number of methoxy groups -OCH3 is 2. The number of rotatable bonds is 12. The fraction of sp³-hybridized carbons (Fsp3) is 0.235. The normalized spacial score (nSPS) is 12.5. The molecule has 0 aliphatic carbocycles. The minimum atomic E-state index is -0.174. The van der Waals surface area contributed by atoms with E-state index in [2.05, 4.69) is 21.4 Å². The van der Waals surface area contributed by atoms with Gasteiger partial charge in [0.15, 0.2) is 0 Å².